The van der Waals surface area contributed by atoms with Crippen LogP contribution in [0.2, 0.25) is 23.3 Å². The standard InChI is InChI=1S/C15H24ClN3OSSi/c1-15(2,3)22(6,7)20-9-10-8-19(4)13-11(10)12(16)17-14(18-13)21-5/h8H,9H2,1-7H3. The van der Waals surface area contributed by atoms with Gasteiger partial charge in [-0.2, -0.15) is 0 Å². The highest BCUT2D eigenvalue weighted by atomic mass is 35.5. The Morgan fingerprint density at radius 3 is 2.50 bits per heavy atom. The van der Waals surface area contributed by atoms with Crippen LogP contribution in [0.4, 0.5) is 0 Å². The molecule has 0 radical (unpaired) electrons. The molecule has 0 fully saturated rings. The van der Waals surface area contributed by atoms with E-state index in [-0.39, 0.29) is 5.04 Å². The van der Waals surface area contributed by atoms with Gasteiger partial charge in [-0.25, -0.2) is 9.97 Å². The van der Waals surface area contributed by atoms with Crippen molar-refractivity contribution in [3.05, 3.63) is 16.9 Å². The number of aryl methyl sites for hydroxylation is 1. The maximum atomic E-state index is 6.38. The van der Waals surface area contributed by atoms with Crippen LogP contribution in [0, 0.1) is 0 Å². The fourth-order valence-electron chi connectivity index (χ4n) is 1.97. The monoisotopic (exact) mass is 357 g/mol. The summed E-state index contributed by atoms with van der Waals surface area (Å²) in [6, 6.07) is 0. The molecule has 0 spiro atoms. The second kappa shape index (κ2) is 6.15. The Kier molecular flexibility index (Phi) is 4.97. The molecule has 0 bridgehead atoms. The van der Waals surface area contributed by atoms with Crippen molar-refractivity contribution >= 4 is 42.7 Å². The summed E-state index contributed by atoms with van der Waals surface area (Å²) in [5, 5.41) is 2.28. The van der Waals surface area contributed by atoms with Crippen molar-refractivity contribution < 1.29 is 4.43 Å². The molecule has 0 amide bonds. The lowest BCUT2D eigenvalue weighted by molar-refractivity contribution is 0.277. The number of rotatable bonds is 4. The third-order valence-electron chi connectivity index (χ3n) is 4.41. The second-order valence-electron chi connectivity index (χ2n) is 7.01. The first-order valence-electron chi connectivity index (χ1n) is 7.26. The van der Waals surface area contributed by atoms with Gasteiger partial charge in [0, 0.05) is 18.8 Å². The summed E-state index contributed by atoms with van der Waals surface area (Å²) >= 11 is 7.87. The van der Waals surface area contributed by atoms with E-state index in [1.807, 2.05) is 24.1 Å². The highest BCUT2D eigenvalue weighted by molar-refractivity contribution is 7.98. The fraction of sp³-hybridized carbons (Fsp3) is 0.600. The van der Waals surface area contributed by atoms with Crippen molar-refractivity contribution in [3.63, 3.8) is 0 Å². The number of hydrogen-bond donors (Lipinski definition) is 0. The predicted octanol–water partition coefficient (Wildman–Crippen LogP) is 4.87. The van der Waals surface area contributed by atoms with E-state index in [4.69, 9.17) is 16.0 Å². The van der Waals surface area contributed by atoms with E-state index in [2.05, 4.69) is 43.8 Å². The molecule has 4 nitrogen and oxygen atoms in total. The van der Waals surface area contributed by atoms with Gasteiger partial charge in [-0.15, -0.1) is 0 Å². The van der Waals surface area contributed by atoms with Gasteiger partial charge in [-0.1, -0.05) is 44.1 Å². The number of nitrogens with zero attached hydrogens (tertiary/aromatic N) is 3. The summed E-state index contributed by atoms with van der Waals surface area (Å²) in [5.41, 5.74) is 1.91. The minimum atomic E-state index is -1.80. The SMILES string of the molecule is CSc1nc(Cl)c2c(CO[Si](C)(C)C(C)(C)C)cn(C)c2n1. The number of thioether (sulfide) groups is 1. The van der Waals surface area contributed by atoms with Gasteiger partial charge in [0.15, 0.2) is 13.5 Å². The predicted molar refractivity (Wildman–Crippen MR) is 97.3 cm³/mol. The molecule has 2 rings (SSSR count). The molecular weight excluding hydrogens is 334 g/mol. The van der Waals surface area contributed by atoms with E-state index < -0.39 is 8.32 Å². The van der Waals surface area contributed by atoms with E-state index in [0.717, 1.165) is 16.6 Å². The molecule has 0 saturated heterocycles. The maximum absolute atomic E-state index is 6.38. The normalized spacial score (nSPS) is 13.1. The molecule has 0 aliphatic carbocycles. The third-order valence-corrected chi connectivity index (χ3v) is 9.71. The molecular formula is C15H24ClN3OSSi. The van der Waals surface area contributed by atoms with Crippen LogP contribution < -0.4 is 0 Å². The lowest BCUT2D eigenvalue weighted by atomic mass is 10.2. The lowest BCUT2D eigenvalue weighted by Crippen LogP contribution is -2.40. The first-order chi connectivity index (χ1) is 10.1. The van der Waals surface area contributed by atoms with E-state index in [9.17, 15) is 0 Å². The summed E-state index contributed by atoms with van der Waals surface area (Å²) in [6.45, 7) is 11.8. The largest absolute Gasteiger partial charge is 0.412 e. The van der Waals surface area contributed by atoms with Crippen LogP contribution in [-0.2, 0) is 18.1 Å². The third kappa shape index (κ3) is 3.35. The van der Waals surface area contributed by atoms with Gasteiger partial charge in [0.2, 0.25) is 0 Å². The van der Waals surface area contributed by atoms with Gasteiger partial charge < -0.3 is 8.99 Å². The number of hydrogen-bond acceptors (Lipinski definition) is 4. The van der Waals surface area contributed by atoms with Gasteiger partial charge >= 0.3 is 0 Å². The molecule has 2 aromatic rings. The highest BCUT2D eigenvalue weighted by Gasteiger charge is 2.37. The van der Waals surface area contributed by atoms with Crippen molar-refractivity contribution in [1.29, 1.82) is 0 Å². The average molecular weight is 358 g/mol. The molecule has 0 aliphatic rings. The maximum Gasteiger partial charge on any atom is 0.192 e. The zero-order valence-corrected chi connectivity index (χ0v) is 16.9. The lowest BCUT2D eigenvalue weighted by Gasteiger charge is -2.36. The summed E-state index contributed by atoms with van der Waals surface area (Å²) in [7, 11) is 0.180. The topological polar surface area (TPSA) is 39.9 Å². The summed E-state index contributed by atoms with van der Waals surface area (Å²) < 4.78 is 8.31. The molecule has 122 valence electrons. The molecule has 22 heavy (non-hydrogen) atoms. The molecule has 0 unspecified atom stereocenters. The van der Waals surface area contributed by atoms with E-state index in [1.54, 1.807) is 0 Å². The Hall–Kier alpha value is -0.563. The van der Waals surface area contributed by atoms with E-state index >= 15 is 0 Å². The van der Waals surface area contributed by atoms with Crippen molar-refractivity contribution in [2.24, 2.45) is 7.05 Å². The van der Waals surface area contributed by atoms with Gasteiger partial charge in [-0.3, -0.25) is 0 Å². The van der Waals surface area contributed by atoms with Crippen LogP contribution in [0.3, 0.4) is 0 Å². The van der Waals surface area contributed by atoms with Gasteiger partial charge in [0.1, 0.15) is 10.8 Å². The highest BCUT2D eigenvalue weighted by Crippen LogP contribution is 2.38. The number of halogens is 1. The molecule has 2 heterocycles. The van der Waals surface area contributed by atoms with Crippen LogP contribution >= 0.6 is 23.4 Å². The van der Waals surface area contributed by atoms with Gasteiger partial charge in [-0.05, 0) is 24.4 Å². The van der Waals surface area contributed by atoms with Crippen molar-refractivity contribution in [2.45, 2.75) is 50.7 Å². The number of fused-ring (bicyclic) bond motifs is 1. The van der Waals surface area contributed by atoms with Gasteiger partial charge in [0.05, 0.1) is 12.0 Å². The number of aromatic nitrogens is 3. The van der Waals surface area contributed by atoms with Crippen LogP contribution in [0.1, 0.15) is 26.3 Å². The van der Waals surface area contributed by atoms with E-state index in [1.165, 1.54) is 11.8 Å². The fourth-order valence-corrected chi connectivity index (χ4v) is 3.62. The first-order valence-corrected chi connectivity index (χ1v) is 11.8. The zero-order chi connectivity index (χ0) is 16.7. The van der Waals surface area contributed by atoms with Crippen LogP contribution in [0.5, 0.6) is 0 Å². The summed E-state index contributed by atoms with van der Waals surface area (Å²) in [5.74, 6) is 0. The van der Waals surface area contributed by atoms with E-state index in [0.29, 0.717) is 16.9 Å². The Labute approximate surface area is 142 Å². The quantitative estimate of drug-likeness (QED) is 0.339. The van der Waals surface area contributed by atoms with Crippen molar-refractivity contribution in [1.82, 2.24) is 14.5 Å². The van der Waals surface area contributed by atoms with Crippen molar-refractivity contribution in [3.8, 4) is 0 Å². The Balaban J connectivity index is 2.38. The van der Waals surface area contributed by atoms with Gasteiger partial charge in [0.25, 0.3) is 0 Å². The van der Waals surface area contributed by atoms with Crippen molar-refractivity contribution in [2.75, 3.05) is 6.26 Å². The molecule has 0 aromatic carbocycles. The Bertz CT molecular complexity index is 694. The molecule has 2 aromatic heterocycles. The summed E-state index contributed by atoms with van der Waals surface area (Å²) in [6.07, 6.45) is 3.99. The van der Waals surface area contributed by atoms with Crippen LogP contribution in [-0.4, -0.2) is 29.1 Å². The van der Waals surface area contributed by atoms with Crippen LogP contribution in [0.25, 0.3) is 11.0 Å². The Morgan fingerprint density at radius 2 is 1.95 bits per heavy atom. The first kappa shape index (κ1) is 17.8. The van der Waals surface area contributed by atoms with Crippen LogP contribution in [0.15, 0.2) is 11.4 Å². The second-order valence-corrected chi connectivity index (χ2v) is 13.0. The minimum Gasteiger partial charge on any atom is -0.412 e. The molecule has 0 N–H and O–H groups in total. The summed E-state index contributed by atoms with van der Waals surface area (Å²) in [4.78, 5) is 8.90. The smallest absolute Gasteiger partial charge is 0.192 e. The molecule has 7 heteroatoms. The Morgan fingerprint density at radius 1 is 1.32 bits per heavy atom. The zero-order valence-electron chi connectivity index (χ0n) is 14.3. The molecule has 0 aliphatic heterocycles. The average Bonchev–Trinajstić information content (AvgIpc) is 2.72. The minimum absolute atomic E-state index is 0.184. The molecule has 0 saturated carbocycles. The molecule has 0 atom stereocenters.